The fourth-order valence-electron chi connectivity index (χ4n) is 3.06. The number of aliphatic hydroxyl groups is 1. The minimum Gasteiger partial charge on any atom is -0.394 e. The zero-order valence-electron chi connectivity index (χ0n) is 14.2. The third-order valence-corrected chi connectivity index (χ3v) is 4.75. The van der Waals surface area contributed by atoms with Gasteiger partial charge in [0, 0.05) is 24.5 Å². The first kappa shape index (κ1) is 17.8. The van der Waals surface area contributed by atoms with Crippen molar-refractivity contribution in [2.75, 3.05) is 13.2 Å². The lowest BCUT2D eigenvalue weighted by atomic mass is 9.96. The first-order valence-corrected chi connectivity index (χ1v) is 8.89. The monoisotopic (exact) mass is 347 g/mol. The van der Waals surface area contributed by atoms with E-state index in [4.69, 9.17) is 4.74 Å². The average molecular weight is 347 g/mol. The molecule has 7 nitrogen and oxygen atoms in total. The predicted molar refractivity (Wildman–Crippen MR) is 90.8 cm³/mol. The Balaban J connectivity index is 1.47. The summed E-state index contributed by atoms with van der Waals surface area (Å²) < 4.78 is 5.84. The molecule has 2 fully saturated rings. The molecule has 2 aliphatic rings. The molecule has 3 rings (SSSR count). The van der Waals surface area contributed by atoms with Crippen LogP contribution in [-0.2, 0) is 9.53 Å². The highest BCUT2D eigenvalue weighted by atomic mass is 16.5. The second kappa shape index (κ2) is 8.40. The van der Waals surface area contributed by atoms with E-state index in [1.165, 1.54) is 12.8 Å². The number of carbonyl (C=O) groups excluding carboxylic acids is 2. The molecule has 1 aromatic heterocycles. The van der Waals surface area contributed by atoms with Crippen molar-refractivity contribution in [3.8, 4) is 0 Å². The van der Waals surface area contributed by atoms with E-state index in [0.717, 1.165) is 6.54 Å². The minimum absolute atomic E-state index is 0.00661. The van der Waals surface area contributed by atoms with Gasteiger partial charge in [-0.1, -0.05) is 0 Å². The number of amides is 2. The normalized spacial score (nSPS) is 26.0. The molecule has 1 aliphatic heterocycles. The first-order chi connectivity index (χ1) is 12.2. The zero-order chi connectivity index (χ0) is 17.6. The van der Waals surface area contributed by atoms with Gasteiger partial charge in [0.2, 0.25) is 5.91 Å². The summed E-state index contributed by atoms with van der Waals surface area (Å²) in [5.41, 5.74) is 0.522. The molecule has 2 amide bonds. The third kappa shape index (κ3) is 5.24. The van der Waals surface area contributed by atoms with Gasteiger partial charge in [-0.25, -0.2) is 0 Å². The molecule has 136 valence electrons. The highest BCUT2D eigenvalue weighted by Gasteiger charge is 2.33. The molecule has 0 bridgehead atoms. The molecule has 25 heavy (non-hydrogen) atoms. The molecule has 3 N–H and O–H groups in total. The van der Waals surface area contributed by atoms with E-state index in [9.17, 15) is 14.7 Å². The molecular weight excluding hydrogens is 322 g/mol. The van der Waals surface area contributed by atoms with E-state index in [1.54, 1.807) is 24.5 Å². The van der Waals surface area contributed by atoms with Crippen molar-refractivity contribution in [1.29, 1.82) is 0 Å². The second-order valence-electron chi connectivity index (χ2n) is 6.82. The number of hydrogen-bond donors (Lipinski definition) is 3. The first-order valence-electron chi connectivity index (χ1n) is 8.89. The van der Waals surface area contributed by atoms with E-state index in [2.05, 4.69) is 15.6 Å². The zero-order valence-corrected chi connectivity index (χ0v) is 14.2. The molecule has 0 radical (unpaired) electrons. The quantitative estimate of drug-likeness (QED) is 0.672. The summed E-state index contributed by atoms with van der Waals surface area (Å²) in [5, 5.41) is 15.4. The standard InChI is InChI=1S/C18H25N3O4/c22-11-16-15(21-18(24)13-5-7-19-8-6-13)4-3-14(25-16)9-17(23)20-10-12-1-2-12/h5-8,12,14-16,22H,1-4,9-11H2,(H,20,23)(H,21,24)/t14-,15+,16+/m1/s1. The van der Waals surface area contributed by atoms with Crippen LogP contribution in [0, 0.1) is 5.92 Å². The molecule has 1 aliphatic carbocycles. The van der Waals surface area contributed by atoms with Gasteiger partial charge in [-0.2, -0.15) is 0 Å². The summed E-state index contributed by atoms with van der Waals surface area (Å²) in [7, 11) is 0. The van der Waals surface area contributed by atoms with Crippen LogP contribution in [0.3, 0.4) is 0 Å². The molecular formula is C18H25N3O4. The summed E-state index contributed by atoms with van der Waals surface area (Å²) in [6, 6.07) is 3.01. The van der Waals surface area contributed by atoms with Gasteiger partial charge < -0.3 is 20.5 Å². The topological polar surface area (TPSA) is 101 Å². The molecule has 3 atom stereocenters. The van der Waals surface area contributed by atoms with E-state index >= 15 is 0 Å². The van der Waals surface area contributed by atoms with E-state index < -0.39 is 6.10 Å². The van der Waals surface area contributed by atoms with Crippen LogP contribution in [0.4, 0.5) is 0 Å². The summed E-state index contributed by atoms with van der Waals surface area (Å²) in [6.45, 7) is 0.557. The number of aliphatic hydroxyl groups excluding tert-OH is 1. The van der Waals surface area contributed by atoms with Crippen molar-refractivity contribution in [2.24, 2.45) is 5.92 Å². The van der Waals surface area contributed by atoms with Crippen LogP contribution in [0.1, 0.15) is 42.5 Å². The average Bonchev–Trinajstić information content (AvgIpc) is 3.46. The van der Waals surface area contributed by atoms with Crippen LogP contribution < -0.4 is 10.6 Å². The molecule has 1 saturated heterocycles. The fraction of sp³-hybridized carbons (Fsp3) is 0.611. The van der Waals surface area contributed by atoms with Gasteiger partial charge in [0.15, 0.2) is 0 Å². The lowest BCUT2D eigenvalue weighted by molar-refractivity contribution is -0.130. The van der Waals surface area contributed by atoms with Crippen LogP contribution in [0.5, 0.6) is 0 Å². The molecule has 1 saturated carbocycles. The van der Waals surface area contributed by atoms with Crippen molar-refractivity contribution in [3.63, 3.8) is 0 Å². The Bertz CT molecular complexity index is 591. The fourth-order valence-corrected chi connectivity index (χ4v) is 3.06. The van der Waals surface area contributed by atoms with Gasteiger partial charge in [0.05, 0.1) is 25.2 Å². The Morgan fingerprint density at radius 3 is 2.64 bits per heavy atom. The summed E-state index contributed by atoms with van der Waals surface area (Å²) in [5.74, 6) is 0.428. The highest BCUT2D eigenvalue weighted by Crippen LogP contribution is 2.28. The molecule has 1 aromatic rings. The largest absolute Gasteiger partial charge is 0.394 e. The van der Waals surface area contributed by atoms with Gasteiger partial charge in [0.25, 0.3) is 5.91 Å². The van der Waals surface area contributed by atoms with Crippen LogP contribution in [0.25, 0.3) is 0 Å². The number of carbonyl (C=O) groups is 2. The molecule has 2 heterocycles. The Hall–Kier alpha value is -1.99. The Morgan fingerprint density at radius 2 is 1.96 bits per heavy atom. The Labute approximate surface area is 147 Å². The Kier molecular flexibility index (Phi) is 5.99. The van der Waals surface area contributed by atoms with E-state index in [0.29, 0.717) is 30.7 Å². The third-order valence-electron chi connectivity index (χ3n) is 4.75. The highest BCUT2D eigenvalue weighted by molar-refractivity contribution is 5.94. The van der Waals surface area contributed by atoms with E-state index in [-0.39, 0.29) is 30.6 Å². The smallest absolute Gasteiger partial charge is 0.251 e. The number of nitrogens with one attached hydrogen (secondary N) is 2. The second-order valence-corrected chi connectivity index (χ2v) is 6.82. The minimum atomic E-state index is -0.499. The maximum Gasteiger partial charge on any atom is 0.251 e. The number of rotatable bonds is 7. The molecule has 7 heteroatoms. The van der Waals surface area contributed by atoms with Gasteiger partial charge in [0.1, 0.15) is 6.10 Å². The number of pyridine rings is 1. The van der Waals surface area contributed by atoms with Gasteiger partial charge in [-0.05, 0) is 43.7 Å². The van der Waals surface area contributed by atoms with E-state index in [1.807, 2.05) is 0 Å². The maximum atomic E-state index is 12.2. The van der Waals surface area contributed by atoms with Crippen LogP contribution in [0.15, 0.2) is 24.5 Å². The number of hydrogen-bond acceptors (Lipinski definition) is 5. The Morgan fingerprint density at radius 1 is 1.20 bits per heavy atom. The van der Waals surface area contributed by atoms with Crippen LogP contribution in [0.2, 0.25) is 0 Å². The number of ether oxygens (including phenoxy) is 1. The van der Waals surface area contributed by atoms with Gasteiger partial charge in [-0.3, -0.25) is 14.6 Å². The van der Waals surface area contributed by atoms with Gasteiger partial charge >= 0.3 is 0 Å². The predicted octanol–water partition coefficient (Wildman–Crippen LogP) is 0.636. The summed E-state index contributed by atoms with van der Waals surface area (Å²) in [4.78, 5) is 28.1. The van der Waals surface area contributed by atoms with Crippen molar-refractivity contribution in [3.05, 3.63) is 30.1 Å². The van der Waals surface area contributed by atoms with Gasteiger partial charge in [-0.15, -0.1) is 0 Å². The van der Waals surface area contributed by atoms with Crippen molar-refractivity contribution < 1.29 is 19.4 Å². The SMILES string of the molecule is O=C(C[C@H]1CC[C@H](NC(=O)c2ccncc2)[C@H](CO)O1)NCC1CC1. The van der Waals surface area contributed by atoms with Crippen molar-refractivity contribution >= 4 is 11.8 Å². The van der Waals surface area contributed by atoms with Crippen molar-refractivity contribution in [1.82, 2.24) is 15.6 Å². The maximum absolute atomic E-state index is 12.2. The molecule has 0 spiro atoms. The van der Waals surface area contributed by atoms with Crippen molar-refractivity contribution in [2.45, 2.75) is 50.4 Å². The molecule has 0 aromatic carbocycles. The lowest BCUT2D eigenvalue weighted by Gasteiger charge is -2.36. The summed E-state index contributed by atoms with van der Waals surface area (Å²) >= 11 is 0. The van der Waals surface area contributed by atoms with Crippen LogP contribution in [-0.4, -0.2) is 53.3 Å². The van der Waals surface area contributed by atoms with Crippen LogP contribution >= 0.6 is 0 Å². The molecule has 0 unspecified atom stereocenters. The summed E-state index contributed by atoms with van der Waals surface area (Å²) in [6.07, 6.45) is 6.45. The lowest BCUT2D eigenvalue weighted by Crippen LogP contribution is -2.51. The number of nitrogens with zero attached hydrogens (tertiary/aromatic N) is 1. The number of aromatic nitrogens is 1.